The monoisotopic (exact) mass is 616 g/mol. The Balaban J connectivity index is 2.48. The lowest BCUT2D eigenvalue weighted by Gasteiger charge is -2.30. The van der Waals surface area contributed by atoms with Crippen LogP contribution in [-0.2, 0) is 28.7 Å². The Morgan fingerprint density at radius 2 is 1.14 bits per heavy atom. The number of ether oxygens (including phenoxy) is 1. The molecule has 16 nitrogen and oxygen atoms in total. The lowest BCUT2D eigenvalue weighted by atomic mass is 9.93. The highest BCUT2D eigenvalue weighted by Gasteiger charge is 2.25. The second kappa shape index (κ2) is 18.7. The third-order valence-electron chi connectivity index (χ3n) is 6.96. The zero-order valence-corrected chi connectivity index (χ0v) is 26.0. The van der Waals surface area contributed by atoms with Gasteiger partial charge in [0.25, 0.3) is 5.91 Å². The Labute approximate surface area is 253 Å². The summed E-state index contributed by atoms with van der Waals surface area (Å²) in [6.45, 7) is 11.9. The van der Waals surface area contributed by atoms with Gasteiger partial charge >= 0.3 is 11.9 Å². The molecule has 3 amide bonds. The minimum atomic E-state index is -0.957. The van der Waals surface area contributed by atoms with Gasteiger partial charge in [-0.15, -0.1) is 0 Å². The van der Waals surface area contributed by atoms with E-state index in [-0.39, 0.29) is 55.1 Å². The molecule has 1 saturated heterocycles. The molecule has 0 radical (unpaired) electrons. The molecule has 248 valence electrons. The van der Waals surface area contributed by atoms with Crippen molar-refractivity contribution in [3.8, 4) is 0 Å². The zero-order valence-electron chi connectivity index (χ0n) is 26.0. The van der Waals surface area contributed by atoms with Crippen LogP contribution < -0.4 is 27.6 Å². The van der Waals surface area contributed by atoms with E-state index in [1.165, 1.54) is 0 Å². The van der Waals surface area contributed by atoms with Crippen molar-refractivity contribution >= 4 is 29.7 Å². The molecule has 1 aliphatic heterocycles. The van der Waals surface area contributed by atoms with Crippen molar-refractivity contribution in [3.05, 3.63) is 0 Å². The molecule has 1 aliphatic rings. The molecule has 0 saturated carbocycles. The number of hydrazine groups is 1. The number of carboxylic acids is 2. The molecule has 1 atom stereocenters. The topological polar surface area (TPSA) is 233 Å². The highest BCUT2D eigenvalue weighted by atomic mass is 16.5. The normalized spacial score (nSPS) is 16.8. The summed E-state index contributed by atoms with van der Waals surface area (Å²) in [5, 5.41) is 24.2. The van der Waals surface area contributed by atoms with Crippen molar-refractivity contribution in [2.75, 3.05) is 85.2 Å². The quantitative estimate of drug-likeness (QED) is 0.0479. The van der Waals surface area contributed by atoms with Crippen LogP contribution in [0.1, 0.15) is 40.5 Å². The van der Waals surface area contributed by atoms with Gasteiger partial charge in [-0.1, -0.05) is 27.7 Å². The van der Waals surface area contributed by atoms with Crippen molar-refractivity contribution in [1.82, 2.24) is 30.8 Å². The average Bonchev–Trinajstić information content (AvgIpc) is 2.99. The number of amides is 3. The largest absolute Gasteiger partial charge is 0.480 e. The van der Waals surface area contributed by atoms with Crippen molar-refractivity contribution in [2.24, 2.45) is 22.4 Å². The van der Waals surface area contributed by atoms with Crippen LogP contribution in [0, 0.1) is 10.8 Å². The first-order chi connectivity index (χ1) is 20.0. The van der Waals surface area contributed by atoms with E-state index in [0.717, 1.165) is 0 Å². The predicted molar refractivity (Wildman–Crippen MR) is 159 cm³/mol. The number of carboxylic acid groups (broad SMARTS) is 2. The Bertz CT molecular complexity index is 905. The summed E-state index contributed by atoms with van der Waals surface area (Å²) in [6, 6.07) is -0.850. The summed E-state index contributed by atoms with van der Waals surface area (Å²) < 4.78 is 5.95. The van der Waals surface area contributed by atoms with E-state index in [4.69, 9.17) is 16.3 Å². The first-order valence-electron chi connectivity index (χ1n) is 14.5. The Morgan fingerprint density at radius 1 is 0.744 bits per heavy atom. The summed E-state index contributed by atoms with van der Waals surface area (Å²) in [7, 11) is 0. The van der Waals surface area contributed by atoms with Crippen LogP contribution in [-0.4, -0.2) is 146 Å². The van der Waals surface area contributed by atoms with Crippen molar-refractivity contribution in [2.45, 2.75) is 46.6 Å². The van der Waals surface area contributed by atoms with Crippen molar-refractivity contribution in [1.29, 1.82) is 0 Å². The highest BCUT2D eigenvalue weighted by Crippen LogP contribution is 2.19. The van der Waals surface area contributed by atoms with Gasteiger partial charge in [0.05, 0.1) is 38.9 Å². The van der Waals surface area contributed by atoms with E-state index in [2.05, 4.69) is 10.6 Å². The first-order valence-corrected chi connectivity index (χ1v) is 14.5. The summed E-state index contributed by atoms with van der Waals surface area (Å²) >= 11 is 0. The fourth-order valence-corrected chi connectivity index (χ4v) is 4.29. The lowest BCUT2D eigenvalue weighted by molar-refractivity contribution is -0.140. The number of aliphatic carboxylic acids is 2. The third kappa shape index (κ3) is 17.7. The fourth-order valence-electron chi connectivity index (χ4n) is 4.29. The number of carbonyl (C=O) groups is 5. The second-order valence-electron chi connectivity index (χ2n) is 12.6. The van der Waals surface area contributed by atoms with Crippen LogP contribution in [0.25, 0.3) is 0 Å². The number of rotatable bonds is 18. The van der Waals surface area contributed by atoms with Crippen LogP contribution in [0.4, 0.5) is 0 Å². The minimum Gasteiger partial charge on any atom is -0.480 e. The number of hydrogen-bond donors (Lipinski definition) is 7. The third-order valence-corrected chi connectivity index (χ3v) is 6.96. The molecule has 0 aliphatic carbocycles. The fraction of sp³-hybridized carbons (Fsp3) is 0.815. The van der Waals surface area contributed by atoms with Gasteiger partial charge in [-0.25, -0.2) is 5.84 Å². The summed E-state index contributed by atoms with van der Waals surface area (Å²) in [5.41, 5.74) is 6.87. The van der Waals surface area contributed by atoms with Crippen LogP contribution in [0.15, 0.2) is 0 Å². The van der Waals surface area contributed by atoms with Crippen molar-refractivity contribution < 1.29 is 38.9 Å². The van der Waals surface area contributed by atoms with Gasteiger partial charge in [-0.05, 0) is 6.42 Å². The molecule has 0 aromatic carbocycles. The molecule has 0 spiro atoms. The molecule has 9 N–H and O–H groups in total. The number of nitrogens with one attached hydrogen (secondary N) is 3. The van der Waals surface area contributed by atoms with Gasteiger partial charge in [-0.2, -0.15) is 0 Å². The zero-order chi connectivity index (χ0) is 32.6. The van der Waals surface area contributed by atoms with Gasteiger partial charge in [-0.3, -0.25) is 44.1 Å². The average molecular weight is 617 g/mol. The van der Waals surface area contributed by atoms with Gasteiger partial charge in [0.1, 0.15) is 0 Å². The molecule has 1 rings (SSSR count). The van der Waals surface area contributed by atoms with E-state index in [1.54, 1.807) is 9.80 Å². The predicted octanol–water partition coefficient (Wildman–Crippen LogP) is -2.53. The molecule has 43 heavy (non-hydrogen) atoms. The van der Waals surface area contributed by atoms with E-state index in [0.29, 0.717) is 65.6 Å². The molecular formula is C27H52N8O8. The van der Waals surface area contributed by atoms with Gasteiger partial charge in [0, 0.05) is 69.6 Å². The lowest BCUT2D eigenvalue weighted by Crippen LogP contribution is -2.45. The summed E-state index contributed by atoms with van der Waals surface area (Å²) in [4.78, 5) is 64.2. The van der Waals surface area contributed by atoms with E-state index in [9.17, 15) is 34.2 Å². The maximum atomic E-state index is 12.8. The van der Waals surface area contributed by atoms with E-state index >= 15 is 0 Å². The molecule has 0 aromatic heterocycles. The van der Waals surface area contributed by atoms with E-state index in [1.807, 2.05) is 38.0 Å². The molecule has 16 heteroatoms. The van der Waals surface area contributed by atoms with Crippen molar-refractivity contribution in [3.63, 3.8) is 0 Å². The van der Waals surface area contributed by atoms with Crippen LogP contribution in [0.2, 0.25) is 0 Å². The van der Waals surface area contributed by atoms with E-state index < -0.39 is 23.9 Å². The first kappa shape index (κ1) is 38.1. The van der Waals surface area contributed by atoms with Crippen LogP contribution >= 0.6 is 0 Å². The van der Waals surface area contributed by atoms with Crippen LogP contribution in [0.5, 0.6) is 0 Å². The van der Waals surface area contributed by atoms with Gasteiger partial charge in [0.15, 0.2) is 0 Å². The highest BCUT2D eigenvalue weighted by molar-refractivity contribution is 5.82. The minimum absolute atomic E-state index is 0.0941. The number of nitrogens with two attached hydrogens (primary N) is 2. The molecule has 0 aromatic rings. The molecule has 1 fully saturated rings. The summed E-state index contributed by atoms with van der Waals surface area (Å²) in [6.07, 6.45) is 0.270. The smallest absolute Gasteiger partial charge is 0.317 e. The SMILES string of the molecule is CC(C)(CNC(=O)CCC(N)C(=O)NN)COCC(C)(C)CNC(=O)CN1CCN(CC(=O)O)CCN(CC(=O)O)CC1. The number of nitrogens with zero attached hydrogens (tertiary/aromatic N) is 3. The number of carbonyl (C=O) groups excluding carboxylic acids is 3. The second-order valence-corrected chi connectivity index (χ2v) is 12.6. The maximum absolute atomic E-state index is 12.8. The molecule has 1 heterocycles. The number of hydrogen-bond acceptors (Lipinski definition) is 11. The molecular weight excluding hydrogens is 564 g/mol. The standard InChI is InChI=1S/C27H52N8O8/c1-26(2,16-30-21(36)6-5-20(28)25(42)32-29)18-43-19-27(3,4)17-31-22(37)13-33-7-9-34(14-23(38)39)11-12-35(10-8-33)15-24(40)41/h20H,5-19,28-29H2,1-4H3,(H,30,36)(H,31,37)(H,32,42)(H,38,39)(H,40,41). The van der Waals surface area contributed by atoms with Gasteiger partial charge in [0.2, 0.25) is 11.8 Å². The Hall–Kier alpha value is -2.89. The van der Waals surface area contributed by atoms with Crippen LogP contribution in [0.3, 0.4) is 0 Å². The molecule has 1 unspecified atom stereocenters. The molecule has 0 bridgehead atoms. The Kier molecular flexibility index (Phi) is 16.6. The summed E-state index contributed by atoms with van der Waals surface area (Å²) in [5.74, 6) is 2.19. The maximum Gasteiger partial charge on any atom is 0.317 e. The Morgan fingerprint density at radius 3 is 1.53 bits per heavy atom. The van der Waals surface area contributed by atoms with Gasteiger partial charge < -0.3 is 31.3 Å².